The number of aromatic nitrogens is 2. The van der Waals surface area contributed by atoms with Crippen LogP contribution in [0, 0.1) is 5.41 Å². The zero-order valence-electron chi connectivity index (χ0n) is 21.7. The molecule has 0 bridgehead atoms. The Kier molecular flexibility index (Phi) is 8.38. The summed E-state index contributed by atoms with van der Waals surface area (Å²) >= 11 is 1.19. The fourth-order valence-corrected chi connectivity index (χ4v) is 4.53. The van der Waals surface area contributed by atoms with E-state index < -0.39 is 0 Å². The largest absolute Gasteiger partial charge is 0.494 e. The number of nitrogens with zero attached hydrogens (tertiary/aromatic N) is 4. The summed E-state index contributed by atoms with van der Waals surface area (Å²) < 4.78 is 11.1. The number of thioether (sulfide) groups is 1. The molecular formula is C27H33N5O4S. The number of carbonyl (C=O) groups excluding carboxylic acids is 2. The zero-order valence-corrected chi connectivity index (χ0v) is 22.5. The van der Waals surface area contributed by atoms with Gasteiger partial charge in [-0.3, -0.25) is 9.59 Å². The van der Waals surface area contributed by atoms with Crippen LogP contribution in [0.25, 0.3) is 11.5 Å². The normalized spacial score (nSPS) is 13.9. The first kappa shape index (κ1) is 26.5. The topological polar surface area (TPSA) is 101 Å². The van der Waals surface area contributed by atoms with Crippen molar-refractivity contribution in [2.24, 2.45) is 5.41 Å². The molecule has 196 valence electrons. The molecule has 1 aromatic heterocycles. The molecule has 2 heterocycles. The molecule has 0 saturated carbocycles. The number of carbonyl (C=O) groups is 2. The highest BCUT2D eigenvalue weighted by atomic mass is 32.2. The average Bonchev–Trinajstić information content (AvgIpc) is 3.37. The van der Waals surface area contributed by atoms with Crippen LogP contribution in [0.4, 0.5) is 11.4 Å². The minimum Gasteiger partial charge on any atom is -0.494 e. The van der Waals surface area contributed by atoms with Crippen LogP contribution >= 0.6 is 11.8 Å². The van der Waals surface area contributed by atoms with Crippen LogP contribution in [0.3, 0.4) is 0 Å². The number of hydrogen-bond donors (Lipinski definition) is 1. The summed E-state index contributed by atoms with van der Waals surface area (Å²) in [5.74, 6) is 1.35. The van der Waals surface area contributed by atoms with Gasteiger partial charge in [0.15, 0.2) is 0 Å². The minimum atomic E-state index is -0.359. The Balaban J connectivity index is 1.23. The van der Waals surface area contributed by atoms with Crippen molar-refractivity contribution in [3.63, 3.8) is 0 Å². The molecule has 3 aromatic rings. The Labute approximate surface area is 221 Å². The Bertz CT molecular complexity index is 1200. The van der Waals surface area contributed by atoms with Crippen LogP contribution in [0.1, 0.15) is 27.7 Å². The molecule has 2 aromatic carbocycles. The first-order valence-electron chi connectivity index (χ1n) is 12.4. The SMILES string of the molecule is CCOc1ccc(-c2nnc(SCC(=O)Nc3ccc(N4CCN(C(=O)C(C)(C)C)CC4)cc3)o2)cc1. The van der Waals surface area contributed by atoms with Crippen LogP contribution < -0.4 is 15.0 Å². The van der Waals surface area contributed by atoms with E-state index >= 15 is 0 Å². The zero-order chi connectivity index (χ0) is 26.4. The predicted molar refractivity (Wildman–Crippen MR) is 145 cm³/mol. The fraction of sp³-hybridized carbons (Fsp3) is 0.407. The van der Waals surface area contributed by atoms with E-state index in [4.69, 9.17) is 9.15 Å². The van der Waals surface area contributed by atoms with E-state index in [1.165, 1.54) is 11.8 Å². The van der Waals surface area contributed by atoms with Crippen molar-refractivity contribution in [3.05, 3.63) is 48.5 Å². The van der Waals surface area contributed by atoms with Gasteiger partial charge in [-0.15, -0.1) is 10.2 Å². The molecule has 1 aliphatic rings. The number of hydrogen-bond acceptors (Lipinski definition) is 8. The van der Waals surface area contributed by atoms with Crippen molar-refractivity contribution in [1.82, 2.24) is 15.1 Å². The van der Waals surface area contributed by atoms with Gasteiger partial charge >= 0.3 is 0 Å². The second-order valence-corrected chi connectivity index (χ2v) is 10.7. The van der Waals surface area contributed by atoms with Crippen LogP contribution in [0.5, 0.6) is 5.75 Å². The molecular weight excluding hydrogens is 490 g/mol. The van der Waals surface area contributed by atoms with E-state index in [1.807, 2.05) is 81.1 Å². The third-order valence-electron chi connectivity index (χ3n) is 5.87. The molecule has 4 rings (SSSR count). The van der Waals surface area contributed by atoms with E-state index in [2.05, 4.69) is 20.4 Å². The second kappa shape index (κ2) is 11.7. The maximum absolute atomic E-state index is 12.5. The summed E-state index contributed by atoms with van der Waals surface area (Å²) in [5, 5.41) is 11.3. The Morgan fingerprint density at radius 2 is 1.68 bits per heavy atom. The molecule has 1 aliphatic heterocycles. The van der Waals surface area contributed by atoms with Crippen molar-refractivity contribution in [2.45, 2.75) is 32.9 Å². The van der Waals surface area contributed by atoms with Gasteiger partial charge in [-0.05, 0) is 55.5 Å². The van der Waals surface area contributed by atoms with Crippen molar-refractivity contribution < 1.29 is 18.7 Å². The first-order valence-corrected chi connectivity index (χ1v) is 13.4. The van der Waals surface area contributed by atoms with Gasteiger partial charge < -0.3 is 24.3 Å². The summed E-state index contributed by atoms with van der Waals surface area (Å²) in [6.45, 7) is 11.4. The highest BCUT2D eigenvalue weighted by Crippen LogP contribution is 2.26. The van der Waals surface area contributed by atoms with Crippen LogP contribution in [0.2, 0.25) is 0 Å². The number of piperazine rings is 1. The summed E-state index contributed by atoms with van der Waals surface area (Å²) in [5.41, 5.74) is 2.22. The average molecular weight is 524 g/mol. The third-order valence-corrected chi connectivity index (χ3v) is 6.69. The van der Waals surface area contributed by atoms with Gasteiger partial charge in [-0.25, -0.2) is 0 Å². The number of rotatable bonds is 8. The number of ether oxygens (including phenoxy) is 1. The molecule has 0 atom stereocenters. The second-order valence-electron chi connectivity index (χ2n) is 9.74. The van der Waals surface area contributed by atoms with Crippen LogP contribution in [-0.2, 0) is 9.59 Å². The number of anilines is 2. The lowest BCUT2D eigenvalue weighted by Crippen LogP contribution is -2.51. The summed E-state index contributed by atoms with van der Waals surface area (Å²) in [6.07, 6.45) is 0. The highest BCUT2D eigenvalue weighted by molar-refractivity contribution is 7.99. The van der Waals surface area contributed by atoms with Crippen molar-refractivity contribution in [3.8, 4) is 17.2 Å². The third kappa shape index (κ3) is 7.03. The van der Waals surface area contributed by atoms with E-state index in [0.717, 1.165) is 35.8 Å². The molecule has 0 radical (unpaired) electrons. The molecule has 10 heteroatoms. The molecule has 2 amide bonds. The number of amides is 2. The van der Waals surface area contributed by atoms with Crippen molar-refractivity contribution in [1.29, 1.82) is 0 Å². The van der Waals surface area contributed by atoms with Gasteiger partial charge in [0.1, 0.15) is 5.75 Å². The maximum Gasteiger partial charge on any atom is 0.277 e. The molecule has 1 saturated heterocycles. The van der Waals surface area contributed by atoms with Gasteiger partial charge in [0.25, 0.3) is 5.22 Å². The minimum absolute atomic E-state index is 0.149. The number of nitrogens with one attached hydrogen (secondary N) is 1. The monoisotopic (exact) mass is 523 g/mol. The summed E-state index contributed by atoms with van der Waals surface area (Å²) in [4.78, 5) is 29.1. The van der Waals surface area contributed by atoms with E-state index in [1.54, 1.807) is 0 Å². The predicted octanol–water partition coefficient (Wildman–Crippen LogP) is 4.56. The van der Waals surface area contributed by atoms with Gasteiger partial charge in [0.2, 0.25) is 17.7 Å². The lowest BCUT2D eigenvalue weighted by molar-refractivity contribution is -0.139. The molecule has 9 nitrogen and oxygen atoms in total. The van der Waals surface area contributed by atoms with Crippen LogP contribution in [-0.4, -0.2) is 65.5 Å². The van der Waals surface area contributed by atoms with E-state index in [-0.39, 0.29) is 23.0 Å². The molecule has 0 aliphatic carbocycles. The molecule has 0 unspecified atom stereocenters. The van der Waals surface area contributed by atoms with Gasteiger partial charge in [-0.1, -0.05) is 32.5 Å². The molecule has 1 N–H and O–H groups in total. The Hall–Kier alpha value is -3.53. The molecule has 1 fully saturated rings. The highest BCUT2D eigenvalue weighted by Gasteiger charge is 2.29. The van der Waals surface area contributed by atoms with E-state index in [9.17, 15) is 9.59 Å². The summed E-state index contributed by atoms with van der Waals surface area (Å²) in [7, 11) is 0. The summed E-state index contributed by atoms with van der Waals surface area (Å²) in [6, 6.07) is 15.2. The van der Waals surface area contributed by atoms with Crippen LogP contribution in [0.15, 0.2) is 58.2 Å². The number of benzene rings is 2. The van der Waals surface area contributed by atoms with Gasteiger partial charge in [0.05, 0.1) is 12.4 Å². The van der Waals surface area contributed by atoms with Crippen molar-refractivity contribution in [2.75, 3.05) is 48.8 Å². The smallest absolute Gasteiger partial charge is 0.277 e. The van der Waals surface area contributed by atoms with Crippen molar-refractivity contribution >= 4 is 35.0 Å². The Morgan fingerprint density at radius 1 is 1.00 bits per heavy atom. The Morgan fingerprint density at radius 3 is 2.30 bits per heavy atom. The van der Waals surface area contributed by atoms with Gasteiger partial charge in [-0.2, -0.15) is 0 Å². The van der Waals surface area contributed by atoms with Gasteiger partial charge in [0, 0.05) is 48.5 Å². The standard InChI is InChI=1S/C27H33N5O4S/c1-5-35-22-12-6-19(7-13-22)24-29-30-26(36-24)37-18-23(33)28-20-8-10-21(11-9-20)31-14-16-32(17-15-31)25(34)27(2,3)4/h6-13H,5,14-18H2,1-4H3,(H,28,33). The lowest BCUT2D eigenvalue weighted by atomic mass is 9.94. The maximum atomic E-state index is 12.5. The lowest BCUT2D eigenvalue weighted by Gasteiger charge is -2.38. The van der Waals surface area contributed by atoms with E-state index in [0.29, 0.717) is 30.8 Å². The molecule has 0 spiro atoms. The molecule has 37 heavy (non-hydrogen) atoms. The quantitative estimate of drug-likeness (QED) is 0.429. The fourth-order valence-electron chi connectivity index (χ4n) is 3.97. The first-order chi connectivity index (χ1) is 17.7.